The number of rotatable bonds is 8. The van der Waals surface area contributed by atoms with Crippen LogP contribution in [0.1, 0.15) is 12.8 Å². The van der Waals surface area contributed by atoms with Crippen LogP contribution in [0.25, 0.3) is 0 Å². The fourth-order valence-electron chi connectivity index (χ4n) is 1.07. The molecule has 0 heterocycles. The third-order valence-corrected chi connectivity index (χ3v) is 1.87. The van der Waals surface area contributed by atoms with E-state index in [1.807, 2.05) is 0 Å². The van der Waals surface area contributed by atoms with Crippen LogP contribution in [0, 0.1) is 6.92 Å². The van der Waals surface area contributed by atoms with Gasteiger partial charge in [0, 0.05) is 33.7 Å². The van der Waals surface area contributed by atoms with E-state index in [-0.39, 0.29) is 5.91 Å². The smallest absolute Gasteiger partial charge is 0.222 e. The normalized spacial score (nSPS) is 10.2. The van der Waals surface area contributed by atoms with E-state index in [1.54, 1.807) is 19.1 Å². The van der Waals surface area contributed by atoms with Crippen molar-refractivity contribution in [1.82, 2.24) is 4.90 Å². The Morgan fingerprint density at radius 2 is 1.71 bits per heavy atom. The van der Waals surface area contributed by atoms with E-state index in [0.29, 0.717) is 39.1 Å². The zero-order valence-electron chi connectivity index (χ0n) is 9.12. The van der Waals surface area contributed by atoms with Gasteiger partial charge in [-0.15, -0.1) is 0 Å². The summed E-state index contributed by atoms with van der Waals surface area (Å²) in [5.74, 6) is 0.120. The van der Waals surface area contributed by atoms with Gasteiger partial charge in [0.2, 0.25) is 5.91 Å². The lowest BCUT2D eigenvalue weighted by Gasteiger charge is -2.21. The van der Waals surface area contributed by atoms with E-state index in [0.717, 1.165) is 0 Å². The molecule has 0 aliphatic heterocycles. The quantitative estimate of drug-likeness (QED) is 0.582. The Labute approximate surface area is 86.2 Å². The summed E-state index contributed by atoms with van der Waals surface area (Å²) in [5, 5.41) is 0. The summed E-state index contributed by atoms with van der Waals surface area (Å²) in [6, 6.07) is 0. The van der Waals surface area contributed by atoms with Crippen LogP contribution in [0.5, 0.6) is 0 Å². The molecule has 1 amide bonds. The molecule has 0 aromatic heterocycles. The number of amides is 1. The van der Waals surface area contributed by atoms with Gasteiger partial charge in [-0.05, 0) is 6.42 Å². The molecule has 0 spiro atoms. The minimum Gasteiger partial charge on any atom is -0.383 e. The van der Waals surface area contributed by atoms with E-state index >= 15 is 0 Å². The van der Waals surface area contributed by atoms with Crippen molar-refractivity contribution in [3.63, 3.8) is 0 Å². The predicted molar refractivity (Wildman–Crippen MR) is 54.9 cm³/mol. The van der Waals surface area contributed by atoms with E-state index < -0.39 is 0 Å². The van der Waals surface area contributed by atoms with Crippen LogP contribution in [-0.2, 0) is 14.3 Å². The topological polar surface area (TPSA) is 38.8 Å². The summed E-state index contributed by atoms with van der Waals surface area (Å²) in [5.41, 5.74) is 0. The number of carbonyl (C=O) groups excluding carboxylic acids is 1. The van der Waals surface area contributed by atoms with Gasteiger partial charge in [-0.3, -0.25) is 4.79 Å². The van der Waals surface area contributed by atoms with Crippen molar-refractivity contribution in [3.8, 4) is 0 Å². The number of methoxy groups -OCH3 is 2. The second-order valence-corrected chi connectivity index (χ2v) is 2.97. The van der Waals surface area contributed by atoms with Crippen molar-refractivity contribution < 1.29 is 14.3 Å². The maximum atomic E-state index is 11.5. The van der Waals surface area contributed by atoms with Crippen molar-refractivity contribution in [1.29, 1.82) is 0 Å². The molecule has 0 unspecified atom stereocenters. The van der Waals surface area contributed by atoms with Crippen LogP contribution in [0.4, 0.5) is 0 Å². The maximum absolute atomic E-state index is 11.5. The molecule has 0 saturated carbocycles. The van der Waals surface area contributed by atoms with Gasteiger partial charge < -0.3 is 14.4 Å². The van der Waals surface area contributed by atoms with Crippen molar-refractivity contribution in [3.05, 3.63) is 6.92 Å². The van der Waals surface area contributed by atoms with Gasteiger partial charge in [0.1, 0.15) is 0 Å². The lowest BCUT2D eigenvalue weighted by molar-refractivity contribution is -0.132. The second kappa shape index (κ2) is 8.97. The van der Waals surface area contributed by atoms with Crippen LogP contribution in [0.2, 0.25) is 0 Å². The van der Waals surface area contributed by atoms with Gasteiger partial charge in [0.25, 0.3) is 0 Å². The summed E-state index contributed by atoms with van der Waals surface area (Å²) >= 11 is 0. The number of hydrogen-bond donors (Lipinski definition) is 0. The molecule has 0 bridgehead atoms. The first kappa shape index (κ1) is 13.4. The molecule has 0 saturated heterocycles. The minimum absolute atomic E-state index is 0.120. The molecule has 0 N–H and O–H groups in total. The highest BCUT2D eigenvalue weighted by Gasteiger charge is 2.11. The van der Waals surface area contributed by atoms with E-state index in [2.05, 4.69) is 6.92 Å². The number of carbonyl (C=O) groups is 1. The van der Waals surface area contributed by atoms with Gasteiger partial charge in [-0.2, -0.15) is 0 Å². The summed E-state index contributed by atoms with van der Waals surface area (Å²) in [6.45, 7) is 6.03. The van der Waals surface area contributed by atoms with Crippen LogP contribution in [0.3, 0.4) is 0 Å². The van der Waals surface area contributed by atoms with Crippen molar-refractivity contribution in [2.24, 2.45) is 0 Å². The molecule has 0 aromatic rings. The van der Waals surface area contributed by atoms with E-state index in [1.165, 1.54) is 0 Å². The molecule has 1 radical (unpaired) electrons. The Morgan fingerprint density at radius 1 is 1.21 bits per heavy atom. The SMILES string of the molecule is [CH2]CCC(=O)N(CCOC)CCOC. The predicted octanol–water partition coefficient (Wildman–Crippen LogP) is 0.722. The zero-order chi connectivity index (χ0) is 10.8. The molecule has 0 aromatic carbocycles. The third-order valence-electron chi connectivity index (χ3n) is 1.87. The van der Waals surface area contributed by atoms with Gasteiger partial charge in [-0.25, -0.2) is 0 Å². The molecule has 0 aliphatic rings. The molecule has 0 aliphatic carbocycles. The maximum Gasteiger partial charge on any atom is 0.222 e. The van der Waals surface area contributed by atoms with Gasteiger partial charge in [0.05, 0.1) is 13.2 Å². The Bertz CT molecular complexity index is 142. The minimum atomic E-state index is 0.120. The molecule has 0 atom stereocenters. The molecule has 0 rings (SSSR count). The largest absolute Gasteiger partial charge is 0.383 e. The molecule has 4 nitrogen and oxygen atoms in total. The van der Waals surface area contributed by atoms with Crippen LogP contribution >= 0.6 is 0 Å². The fourth-order valence-corrected chi connectivity index (χ4v) is 1.07. The average molecular weight is 202 g/mol. The highest BCUT2D eigenvalue weighted by atomic mass is 16.5. The zero-order valence-corrected chi connectivity index (χ0v) is 9.12. The Kier molecular flexibility index (Phi) is 8.57. The summed E-state index contributed by atoms with van der Waals surface area (Å²) in [7, 11) is 3.25. The van der Waals surface area contributed by atoms with Crippen LogP contribution in [0.15, 0.2) is 0 Å². The lowest BCUT2D eigenvalue weighted by atomic mass is 10.3. The van der Waals surface area contributed by atoms with Crippen molar-refractivity contribution in [2.75, 3.05) is 40.5 Å². The summed E-state index contributed by atoms with van der Waals surface area (Å²) < 4.78 is 9.86. The molecule has 4 heteroatoms. The first-order valence-corrected chi connectivity index (χ1v) is 4.81. The molecular formula is C10H20NO3. The van der Waals surface area contributed by atoms with Gasteiger partial charge >= 0.3 is 0 Å². The number of hydrogen-bond acceptors (Lipinski definition) is 3. The van der Waals surface area contributed by atoms with Crippen molar-refractivity contribution >= 4 is 5.91 Å². The molecular weight excluding hydrogens is 182 g/mol. The molecule has 14 heavy (non-hydrogen) atoms. The molecule has 83 valence electrons. The summed E-state index contributed by atoms with van der Waals surface area (Å²) in [6.07, 6.45) is 1.13. The Morgan fingerprint density at radius 3 is 2.07 bits per heavy atom. The van der Waals surface area contributed by atoms with Crippen LogP contribution < -0.4 is 0 Å². The highest BCUT2D eigenvalue weighted by molar-refractivity contribution is 5.76. The van der Waals surface area contributed by atoms with Crippen LogP contribution in [-0.4, -0.2) is 51.3 Å². The first-order chi connectivity index (χ1) is 6.76. The van der Waals surface area contributed by atoms with Gasteiger partial charge in [-0.1, -0.05) is 6.92 Å². The first-order valence-electron chi connectivity index (χ1n) is 4.81. The Hall–Kier alpha value is -0.610. The van der Waals surface area contributed by atoms with Gasteiger partial charge in [0.15, 0.2) is 0 Å². The lowest BCUT2D eigenvalue weighted by Crippen LogP contribution is -2.36. The second-order valence-electron chi connectivity index (χ2n) is 2.97. The highest BCUT2D eigenvalue weighted by Crippen LogP contribution is 1.97. The fraction of sp³-hybridized carbons (Fsp3) is 0.800. The van der Waals surface area contributed by atoms with E-state index in [4.69, 9.17) is 9.47 Å². The molecule has 0 fully saturated rings. The number of ether oxygens (including phenoxy) is 2. The number of nitrogens with zero attached hydrogens (tertiary/aromatic N) is 1. The average Bonchev–Trinajstić information content (AvgIpc) is 2.18. The standard InChI is InChI=1S/C10H20NO3/c1-4-5-10(12)11(6-8-13-2)7-9-14-3/h1,4-9H2,2-3H3. The Balaban J connectivity index is 3.88. The summed E-state index contributed by atoms with van der Waals surface area (Å²) in [4.78, 5) is 13.3. The van der Waals surface area contributed by atoms with Crippen molar-refractivity contribution in [2.45, 2.75) is 12.8 Å². The third kappa shape index (κ3) is 5.94. The van der Waals surface area contributed by atoms with E-state index in [9.17, 15) is 4.79 Å². The monoisotopic (exact) mass is 202 g/mol.